The number of benzene rings is 2. The first kappa shape index (κ1) is 15.9. The van der Waals surface area contributed by atoms with Gasteiger partial charge in [-0.3, -0.25) is 4.79 Å². The number of carbonyl (C=O) groups is 1. The fraction of sp³-hybridized carbons (Fsp3) is 0.286. The Kier molecular flexibility index (Phi) is 3.83. The Morgan fingerprint density at radius 2 is 1.96 bits per heavy atom. The lowest BCUT2D eigenvalue weighted by atomic mass is 9.95. The van der Waals surface area contributed by atoms with Crippen molar-refractivity contribution in [2.24, 2.45) is 0 Å². The number of fused-ring (bicyclic) bond motifs is 1. The van der Waals surface area contributed by atoms with E-state index in [1.165, 1.54) is 23.3 Å². The van der Waals surface area contributed by atoms with Crippen LogP contribution < -0.4 is 5.32 Å². The largest absolute Gasteiger partial charge is 0.361 e. The molecule has 2 N–H and O–H groups in total. The molecular formula is C21H21FN2O. The van der Waals surface area contributed by atoms with Gasteiger partial charge in [0, 0.05) is 29.1 Å². The molecule has 1 aliphatic carbocycles. The van der Waals surface area contributed by atoms with Crippen LogP contribution in [0.15, 0.2) is 48.7 Å². The molecule has 1 aliphatic rings. The van der Waals surface area contributed by atoms with Crippen LogP contribution in [0, 0.1) is 12.7 Å². The standard InChI is InChI=1S/C21H21FN2O/c1-14-2-4-15(5-3-14)10-20(25)24-13-21(8-9-21)18-12-23-19-11-16(22)6-7-17(18)19/h2-7,11-12,23H,8-10,13H2,1H3,(H,24,25). The second-order valence-electron chi connectivity index (χ2n) is 7.11. The molecule has 2 aromatic carbocycles. The van der Waals surface area contributed by atoms with Gasteiger partial charge in [0.1, 0.15) is 5.82 Å². The minimum atomic E-state index is -0.239. The van der Waals surface area contributed by atoms with E-state index in [0.717, 1.165) is 29.3 Å². The van der Waals surface area contributed by atoms with Crippen LogP contribution >= 0.6 is 0 Å². The molecule has 1 heterocycles. The molecule has 128 valence electrons. The highest BCUT2D eigenvalue weighted by Gasteiger charge is 2.45. The predicted molar refractivity (Wildman–Crippen MR) is 97.1 cm³/mol. The van der Waals surface area contributed by atoms with Gasteiger partial charge < -0.3 is 10.3 Å². The summed E-state index contributed by atoms with van der Waals surface area (Å²) in [5.41, 5.74) is 4.19. The van der Waals surface area contributed by atoms with Gasteiger partial charge in [0.25, 0.3) is 0 Å². The Morgan fingerprint density at radius 1 is 1.20 bits per heavy atom. The Morgan fingerprint density at radius 3 is 2.68 bits per heavy atom. The number of carbonyl (C=O) groups excluding carboxylic acids is 1. The summed E-state index contributed by atoms with van der Waals surface area (Å²) in [6.45, 7) is 2.66. The monoisotopic (exact) mass is 336 g/mol. The molecule has 0 unspecified atom stereocenters. The molecule has 1 saturated carbocycles. The fourth-order valence-electron chi connectivity index (χ4n) is 3.45. The summed E-state index contributed by atoms with van der Waals surface area (Å²) in [7, 11) is 0. The number of aromatic nitrogens is 1. The molecule has 0 aliphatic heterocycles. The van der Waals surface area contributed by atoms with Crippen LogP contribution in [-0.2, 0) is 16.6 Å². The van der Waals surface area contributed by atoms with Crippen LogP contribution in [0.2, 0.25) is 0 Å². The molecule has 3 nitrogen and oxygen atoms in total. The third-order valence-corrected chi connectivity index (χ3v) is 5.18. The van der Waals surface area contributed by atoms with Crippen molar-refractivity contribution in [3.63, 3.8) is 0 Å². The van der Waals surface area contributed by atoms with Gasteiger partial charge in [-0.05, 0) is 49.1 Å². The Hall–Kier alpha value is -2.62. The van der Waals surface area contributed by atoms with E-state index in [9.17, 15) is 9.18 Å². The molecule has 25 heavy (non-hydrogen) atoms. The van der Waals surface area contributed by atoms with Gasteiger partial charge in [0.05, 0.1) is 6.42 Å². The Bertz CT molecular complexity index is 923. The lowest BCUT2D eigenvalue weighted by Crippen LogP contribution is -2.33. The highest BCUT2D eigenvalue weighted by atomic mass is 19.1. The zero-order valence-electron chi connectivity index (χ0n) is 14.2. The lowest BCUT2D eigenvalue weighted by molar-refractivity contribution is -0.120. The Balaban J connectivity index is 1.44. The van der Waals surface area contributed by atoms with Crippen molar-refractivity contribution >= 4 is 16.8 Å². The van der Waals surface area contributed by atoms with Crippen molar-refractivity contribution in [3.8, 4) is 0 Å². The van der Waals surface area contributed by atoms with Crippen molar-refractivity contribution in [3.05, 3.63) is 71.2 Å². The smallest absolute Gasteiger partial charge is 0.224 e. The summed E-state index contributed by atoms with van der Waals surface area (Å²) in [5, 5.41) is 4.13. The van der Waals surface area contributed by atoms with Gasteiger partial charge in [-0.25, -0.2) is 4.39 Å². The van der Waals surface area contributed by atoms with Crippen molar-refractivity contribution in [1.29, 1.82) is 0 Å². The van der Waals surface area contributed by atoms with E-state index in [4.69, 9.17) is 0 Å². The second-order valence-corrected chi connectivity index (χ2v) is 7.11. The normalized spacial score (nSPS) is 15.3. The van der Waals surface area contributed by atoms with Gasteiger partial charge in [0.15, 0.2) is 0 Å². The molecule has 0 bridgehead atoms. The predicted octanol–water partition coefficient (Wildman–Crippen LogP) is 4.01. The molecule has 0 spiro atoms. The first-order chi connectivity index (χ1) is 12.1. The molecule has 0 saturated heterocycles. The van der Waals surface area contributed by atoms with Gasteiger partial charge in [0.2, 0.25) is 5.91 Å². The van der Waals surface area contributed by atoms with Crippen molar-refractivity contribution in [2.45, 2.75) is 31.6 Å². The third-order valence-electron chi connectivity index (χ3n) is 5.18. The molecule has 0 radical (unpaired) electrons. The van der Waals surface area contributed by atoms with Gasteiger partial charge in [-0.2, -0.15) is 0 Å². The van der Waals surface area contributed by atoms with Crippen LogP contribution in [0.5, 0.6) is 0 Å². The maximum atomic E-state index is 13.4. The first-order valence-electron chi connectivity index (χ1n) is 8.65. The number of hydrogen-bond acceptors (Lipinski definition) is 1. The number of aryl methyl sites for hydroxylation is 1. The number of hydrogen-bond donors (Lipinski definition) is 2. The quantitative estimate of drug-likeness (QED) is 0.726. The minimum Gasteiger partial charge on any atom is -0.361 e. The topological polar surface area (TPSA) is 44.9 Å². The zero-order chi connectivity index (χ0) is 17.4. The maximum absolute atomic E-state index is 13.4. The van der Waals surface area contributed by atoms with Crippen LogP contribution in [0.4, 0.5) is 4.39 Å². The minimum absolute atomic E-state index is 0.0149. The molecule has 0 atom stereocenters. The summed E-state index contributed by atoms with van der Waals surface area (Å²) in [5.74, 6) is -0.196. The second kappa shape index (κ2) is 6.03. The van der Waals surface area contributed by atoms with Crippen LogP contribution in [0.25, 0.3) is 10.9 Å². The summed E-state index contributed by atoms with van der Waals surface area (Å²) in [6, 6.07) is 12.9. The van der Waals surface area contributed by atoms with Crippen molar-refractivity contribution in [1.82, 2.24) is 10.3 Å². The van der Waals surface area contributed by atoms with E-state index in [-0.39, 0.29) is 17.1 Å². The number of rotatable bonds is 5. The van der Waals surface area contributed by atoms with Crippen LogP contribution in [-0.4, -0.2) is 17.4 Å². The van der Waals surface area contributed by atoms with Crippen molar-refractivity contribution in [2.75, 3.05) is 6.54 Å². The summed E-state index contributed by atoms with van der Waals surface area (Å²) < 4.78 is 13.4. The number of halogens is 1. The highest BCUT2D eigenvalue weighted by molar-refractivity contribution is 5.85. The van der Waals surface area contributed by atoms with Crippen LogP contribution in [0.1, 0.15) is 29.5 Å². The summed E-state index contributed by atoms with van der Waals surface area (Å²) >= 11 is 0. The Labute approximate surface area is 146 Å². The van der Waals surface area contributed by atoms with Gasteiger partial charge in [-0.15, -0.1) is 0 Å². The van der Waals surface area contributed by atoms with E-state index in [0.29, 0.717) is 13.0 Å². The number of nitrogens with one attached hydrogen (secondary N) is 2. The van der Waals surface area contributed by atoms with E-state index in [1.54, 1.807) is 0 Å². The number of H-pyrrole nitrogens is 1. The van der Waals surface area contributed by atoms with Gasteiger partial charge in [-0.1, -0.05) is 29.8 Å². The SMILES string of the molecule is Cc1ccc(CC(=O)NCC2(c3c[nH]c4cc(F)ccc34)CC2)cc1. The van der Waals surface area contributed by atoms with E-state index < -0.39 is 0 Å². The summed E-state index contributed by atoms with van der Waals surface area (Å²) in [4.78, 5) is 15.4. The van der Waals surface area contributed by atoms with Crippen LogP contribution in [0.3, 0.4) is 0 Å². The molecule has 3 aromatic rings. The number of amides is 1. The molecule has 4 heteroatoms. The zero-order valence-corrected chi connectivity index (χ0v) is 14.2. The summed E-state index contributed by atoms with van der Waals surface area (Å²) in [6.07, 6.45) is 4.45. The molecule has 4 rings (SSSR count). The lowest BCUT2D eigenvalue weighted by Gasteiger charge is -2.16. The fourth-order valence-corrected chi connectivity index (χ4v) is 3.45. The maximum Gasteiger partial charge on any atom is 0.224 e. The van der Waals surface area contributed by atoms with E-state index in [1.807, 2.05) is 43.5 Å². The highest BCUT2D eigenvalue weighted by Crippen LogP contribution is 2.50. The molecule has 1 fully saturated rings. The number of aromatic amines is 1. The average molecular weight is 336 g/mol. The molecule has 1 amide bonds. The van der Waals surface area contributed by atoms with E-state index >= 15 is 0 Å². The molecule has 1 aromatic heterocycles. The third kappa shape index (κ3) is 3.16. The van der Waals surface area contributed by atoms with E-state index in [2.05, 4.69) is 10.3 Å². The average Bonchev–Trinajstić information content (AvgIpc) is 3.27. The first-order valence-corrected chi connectivity index (χ1v) is 8.65. The van der Waals surface area contributed by atoms with Gasteiger partial charge >= 0.3 is 0 Å². The van der Waals surface area contributed by atoms with Crippen molar-refractivity contribution < 1.29 is 9.18 Å². The molecular weight excluding hydrogens is 315 g/mol.